The van der Waals surface area contributed by atoms with E-state index in [4.69, 9.17) is 0 Å². The molecule has 0 aromatic rings. The first kappa shape index (κ1) is 11.2. The zero-order chi connectivity index (χ0) is 7.84. The first-order chi connectivity index (χ1) is 5.27. The summed E-state index contributed by atoms with van der Waals surface area (Å²) in [6, 6.07) is 0. The summed E-state index contributed by atoms with van der Waals surface area (Å²) in [5.41, 5.74) is 0. The number of fused-ring (bicyclic) bond motifs is 3. The van der Waals surface area contributed by atoms with Gasteiger partial charge in [-0.25, -0.2) is 0 Å². The van der Waals surface area contributed by atoms with Crippen LogP contribution in [0.1, 0.15) is 32.1 Å². The summed E-state index contributed by atoms with van der Waals surface area (Å²) in [7, 11) is 0. The van der Waals surface area contributed by atoms with E-state index in [1.165, 1.54) is 12.8 Å². The van der Waals surface area contributed by atoms with Crippen LogP contribution in [0.4, 0.5) is 0 Å². The normalized spacial score (nSPS) is 38.8. The Balaban J connectivity index is 0.000000720. The van der Waals surface area contributed by atoms with Crippen LogP contribution >= 0.6 is 0 Å². The van der Waals surface area contributed by atoms with Crippen LogP contribution < -0.4 is 56.5 Å². The summed E-state index contributed by atoms with van der Waals surface area (Å²) in [4.78, 5) is 10.6. The quantitative estimate of drug-likeness (QED) is 0.433. The summed E-state index contributed by atoms with van der Waals surface area (Å²) in [5, 5.41) is 10.6. The van der Waals surface area contributed by atoms with Gasteiger partial charge in [-0.2, -0.15) is 0 Å². The minimum absolute atomic E-state index is 0. The van der Waals surface area contributed by atoms with Crippen LogP contribution in [0.2, 0.25) is 0 Å². The fourth-order valence-corrected chi connectivity index (χ4v) is 2.67. The van der Waals surface area contributed by atoms with E-state index in [1.807, 2.05) is 0 Å². The maximum absolute atomic E-state index is 10.6. The maximum atomic E-state index is 10.6. The van der Waals surface area contributed by atoms with Crippen LogP contribution in [0.25, 0.3) is 0 Å². The number of carbonyl (C=O) groups excluding carboxylic acids is 1. The van der Waals surface area contributed by atoms with Gasteiger partial charge in [0.25, 0.3) is 0 Å². The third-order valence-corrected chi connectivity index (χ3v) is 3.35. The van der Waals surface area contributed by atoms with Crippen molar-refractivity contribution in [2.45, 2.75) is 32.1 Å². The minimum Gasteiger partial charge on any atom is -0.550 e. The average Bonchev–Trinajstić information content (AvgIpc) is 2.06. The van der Waals surface area contributed by atoms with E-state index >= 15 is 0 Å². The zero-order valence-corrected chi connectivity index (χ0v) is 10.7. The molecule has 0 amide bonds. The fourth-order valence-electron chi connectivity index (χ4n) is 2.67. The van der Waals surface area contributed by atoms with E-state index in [-0.39, 0.29) is 57.3 Å². The smallest absolute Gasteiger partial charge is 0.550 e. The van der Waals surface area contributed by atoms with Crippen molar-refractivity contribution in [3.05, 3.63) is 0 Å². The predicted octanol–water partition coefficient (Wildman–Crippen LogP) is -2.43. The van der Waals surface area contributed by atoms with Crippen molar-refractivity contribution in [3.63, 3.8) is 0 Å². The van der Waals surface area contributed by atoms with Crippen LogP contribution in [0.15, 0.2) is 0 Å². The van der Waals surface area contributed by atoms with Gasteiger partial charge in [-0.15, -0.1) is 0 Å². The number of carbonyl (C=O) groups is 1. The van der Waals surface area contributed by atoms with Crippen molar-refractivity contribution in [1.29, 1.82) is 0 Å². The number of hydrogen-bond acceptors (Lipinski definition) is 2. The molecule has 3 rings (SSSR count). The molecule has 3 aliphatic rings. The van der Waals surface area contributed by atoms with Gasteiger partial charge in [0.05, 0.1) is 0 Å². The number of aliphatic carboxylic acids is 1. The Morgan fingerprint density at radius 1 is 1.17 bits per heavy atom. The van der Waals surface area contributed by atoms with E-state index < -0.39 is 5.97 Å². The Labute approximate surface area is 116 Å². The molecule has 0 radical (unpaired) electrons. The van der Waals surface area contributed by atoms with Crippen LogP contribution in [0.5, 0.6) is 0 Å². The van der Waals surface area contributed by atoms with Gasteiger partial charge < -0.3 is 9.90 Å². The van der Waals surface area contributed by atoms with Gasteiger partial charge in [-0.05, 0) is 31.1 Å². The minimum atomic E-state index is -0.806. The molecule has 2 bridgehead atoms. The average molecular weight is 192 g/mol. The molecule has 0 aliphatic heterocycles. The maximum Gasteiger partial charge on any atom is 1.00 e. The molecule has 1 atom stereocenters. The van der Waals surface area contributed by atoms with Crippen molar-refractivity contribution < 1.29 is 61.3 Å². The Bertz CT molecular complexity index is 173. The zero-order valence-electron chi connectivity index (χ0n) is 7.58. The molecule has 3 saturated carbocycles. The van der Waals surface area contributed by atoms with Gasteiger partial charge in [0.15, 0.2) is 0 Å². The molecule has 62 valence electrons. The second kappa shape index (κ2) is 4.56. The van der Waals surface area contributed by atoms with Crippen LogP contribution in [-0.2, 0) is 4.79 Å². The van der Waals surface area contributed by atoms with Crippen LogP contribution in [0.3, 0.4) is 0 Å². The van der Waals surface area contributed by atoms with E-state index in [1.54, 1.807) is 0 Å². The van der Waals surface area contributed by atoms with E-state index in [9.17, 15) is 9.90 Å². The summed E-state index contributed by atoms with van der Waals surface area (Å²) in [6.45, 7) is 0. The SMILES string of the molecule is O=C([O-])C1CC2CCC1CC2.[K+]. The van der Waals surface area contributed by atoms with E-state index in [0.29, 0.717) is 11.8 Å². The molecule has 3 fully saturated rings. The molecule has 0 aromatic carbocycles. The topological polar surface area (TPSA) is 40.1 Å². The Morgan fingerprint density at radius 3 is 2.00 bits per heavy atom. The molecular weight excluding hydrogens is 179 g/mol. The number of carboxylic acid groups (broad SMARTS) is 1. The van der Waals surface area contributed by atoms with Crippen LogP contribution in [0, 0.1) is 17.8 Å². The van der Waals surface area contributed by atoms with Crippen molar-refractivity contribution in [1.82, 2.24) is 0 Å². The molecule has 0 saturated heterocycles. The molecule has 0 N–H and O–H groups in total. The van der Waals surface area contributed by atoms with E-state index in [0.717, 1.165) is 19.3 Å². The molecule has 1 unspecified atom stereocenters. The molecule has 3 aliphatic carbocycles. The number of rotatable bonds is 1. The summed E-state index contributed by atoms with van der Waals surface area (Å²) in [6.07, 6.45) is 5.67. The van der Waals surface area contributed by atoms with Crippen molar-refractivity contribution in [2.24, 2.45) is 17.8 Å². The van der Waals surface area contributed by atoms with Gasteiger partial charge in [-0.1, -0.05) is 12.8 Å². The number of carboxylic acids is 1. The first-order valence-corrected chi connectivity index (χ1v) is 4.48. The van der Waals surface area contributed by atoms with E-state index in [2.05, 4.69) is 0 Å². The molecule has 3 heteroatoms. The summed E-state index contributed by atoms with van der Waals surface area (Å²) < 4.78 is 0. The largest absolute Gasteiger partial charge is 1.00 e. The molecule has 12 heavy (non-hydrogen) atoms. The van der Waals surface area contributed by atoms with Gasteiger partial charge in [0.2, 0.25) is 0 Å². The Hall–Kier alpha value is 1.11. The third-order valence-electron chi connectivity index (χ3n) is 3.35. The van der Waals surface area contributed by atoms with Crippen LogP contribution in [-0.4, -0.2) is 5.97 Å². The Kier molecular flexibility index (Phi) is 4.24. The van der Waals surface area contributed by atoms with Gasteiger partial charge >= 0.3 is 51.4 Å². The predicted molar refractivity (Wildman–Crippen MR) is 38.6 cm³/mol. The standard InChI is InChI=1S/C9H14O2.K/c10-9(11)8-5-6-1-3-7(8)4-2-6;/h6-8H,1-5H2,(H,10,11);/q;+1/p-1. The Morgan fingerprint density at radius 2 is 1.75 bits per heavy atom. The van der Waals surface area contributed by atoms with Gasteiger partial charge in [0.1, 0.15) is 0 Å². The molecule has 0 heterocycles. The summed E-state index contributed by atoms with van der Waals surface area (Å²) in [5.74, 6) is 0.231. The van der Waals surface area contributed by atoms with Gasteiger partial charge in [-0.3, -0.25) is 0 Å². The molecular formula is C9H13KO2. The second-order valence-corrected chi connectivity index (χ2v) is 3.94. The third kappa shape index (κ3) is 2.12. The fraction of sp³-hybridized carbons (Fsp3) is 0.889. The van der Waals surface area contributed by atoms with Crippen molar-refractivity contribution in [3.8, 4) is 0 Å². The molecule has 0 aromatic heterocycles. The first-order valence-electron chi connectivity index (χ1n) is 4.48. The van der Waals surface area contributed by atoms with Crippen molar-refractivity contribution >= 4 is 5.97 Å². The van der Waals surface area contributed by atoms with Gasteiger partial charge in [0, 0.05) is 11.9 Å². The molecule has 0 spiro atoms. The monoisotopic (exact) mass is 192 g/mol. The number of hydrogen-bond donors (Lipinski definition) is 0. The molecule has 2 nitrogen and oxygen atoms in total. The second-order valence-electron chi connectivity index (χ2n) is 3.94. The van der Waals surface area contributed by atoms with Crippen molar-refractivity contribution in [2.75, 3.05) is 0 Å². The summed E-state index contributed by atoms with van der Waals surface area (Å²) >= 11 is 0.